The van der Waals surface area contributed by atoms with Crippen molar-refractivity contribution in [2.75, 3.05) is 0 Å². The first-order valence-corrected chi connectivity index (χ1v) is 8.60. The fourth-order valence-corrected chi connectivity index (χ4v) is 4.04. The van der Waals surface area contributed by atoms with Gasteiger partial charge in [-0.25, -0.2) is 13.1 Å². The van der Waals surface area contributed by atoms with E-state index in [9.17, 15) is 18.5 Å². The second-order valence-electron chi connectivity index (χ2n) is 4.59. The average molecular weight is 385 g/mol. The third kappa shape index (κ3) is 3.52. The number of halogens is 1. The highest BCUT2D eigenvalue weighted by Crippen LogP contribution is 2.27. The Morgan fingerprint density at radius 3 is 2.36 bits per heavy atom. The van der Waals surface area contributed by atoms with Crippen LogP contribution in [0.3, 0.4) is 0 Å². The number of nitro benzene ring substituents is 1. The van der Waals surface area contributed by atoms with Gasteiger partial charge >= 0.3 is 0 Å². The summed E-state index contributed by atoms with van der Waals surface area (Å²) in [5, 5.41) is 11.0. The standard InChI is InChI=1S/C14H13BrN2O4S/c1-10(11-6-2-3-7-12(11)15)16-22(20,21)14-9-5-4-8-13(14)17(18)19/h2-10,16H,1H3. The van der Waals surface area contributed by atoms with E-state index in [1.165, 1.54) is 18.2 Å². The molecule has 1 unspecified atom stereocenters. The van der Waals surface area contributed by atoms with Gasteiger partial charge in [-0.05, 0) is 24.6 Å². The van der Waals surface area contributed by atoms with Crippen LogP contribution in [-0.4, -0.2) is 13.3 Å². The van der Waals surface area contributed by atoms with Crippen LogP contribution >= 0.6 is 15.9 Å². The molecule has 8 heteroatoms. The van der Waals surface area contributed by atoms with Crippen molar-refractivity contribution in [2.45, 2.75) is 17.9 Å². The maximum atomic E-state index is 12.4. The van der Waals surface area contributed by atoms with Crippen LogP contribution in [0.2, 0.25) is 0 Å². The van der Waals surface area contributed by atoms with Crippen LogP contribution in [0.1, 0.15) is 18.5 Å². The van der Waals surface area contributed by atoms with Crippen LogP contribution in [0, 0.1) is 10.1 Å². The smallest absolute Gasteiger partial charge is 0.258 e. The molecule has 6 nitrogen and oxygen atoms in total. The monoisotopic (exact) mass is 384 g/mol. The Balaban J connectivity index is 2.37. The Labute approximate surface area is 136 Å². The molecule has 0 saturated heterocycles. The molecular weight excluding hydrogens is 372 g/mol. The molecule has 116 valence electrons. The van der Waals surface area contributed by atoms with Crippen LogP contribution in [0.4, 0.5) is 5.69 Å². The molecule has 2 rings (SSSR count). The van der Waals surface area contributed by atoms with Crippen molar-refractivity contribution in [3.05, 3.63) is 68.7 Å². The molecule has 0 aromatic heterocycles. The van der Waals surface area contributed by atoms with Crippen molar-refractivity contribution < 1.29 is 13.3 Å². The number of nitro groups is 1. The quantitative estimate of drug-likeness (QED) is 0.631. The van der Waals surface area contributed by atoms with Gasteiger partial charge in [0.05, 0.1) is 4.92 Å². The first-order valence-electron chi connectivity index (χ1n) is 6.33. The summed E-state index contributed by atoms with van der Waals surface area (Å²) in [4.78, 5) is 9.93. The van der Waals surface area contributed by atoms with Crippen LogP contribution in [0.5, 0.6) is 0 Å². The zero-order chi connectivity index (χ0) is 16.3. The highest BCUT2D eigenvalue weighted by atomic mass is 79.9. The third-order valence-electron chi connectivity index (χ3n) is 3.06. The molecule has 2 aromatic carbocycles. The van der Waals surface area contributed by atoms with Crippen molar-refractivity contribution in [1.82, 2.24) is 4.72 Å². The Morgan fingerprint density at radius 2 is 1.73 bits per heavy atom. The fourth-order valence-electron chi connectivity index (χ4n) is 2.02. The largest absolute Gasteiger partial charge is 0.289 e. The second kappa shape index (κ2) is 6.55. The van der Waals surface area contributed by atoms with E-state index < -0.39 is 26.7 Å². The molecule has 0 spiro atoms. The lowest BCUT2D eigenvalue weighted by molar-refractivity contribution is -0.387. The molecular formula is C14H13BrN2O4S. The summed E-state index contributed by atoms with van der Waals surface area (Å²) in [7, 11) is -4.01. The van der Waals surface area contributed by atoms with E-state index in [0.717, 1.165) is 16.1 Å². The van der Waals surface area contributed by atoms with Gasteiger partial charge in [0.2, 0.25) is 10.0 Å². The highest BCUT2D eigenvalue weighted by molar-refractivity contribution is 9.10. The minimum absolute atomic E-state index is 0.348. The highest BCUT2D eigenvalue weighted by Gasteiger charge is 2.27. The summed E-state index contributed by atoms with van der Waals surface area (Å²) < 4.78 is 28.1. The third-order valence-corrected chi connectivity index (χ3v) is 5.37. The van der Waals surface area contributed by atoms with Crippen molar-refractivity contribution >= 4 is 31.6 Å². The maximum absolute atomic E-state index is 12.4. The number of para-hydroxylation sites is 1. The molecule has 0 aliphatic rings. The zero-order valence-corrected chi connectivity index (χ0v) is 14.0. The minimum Gasteiger partial charge on any atom is -0.258 e. The summed E-state index contributed by atoms with van der Waals surface area (Å²) in [6.45, 7) is 1.67. The van der Waals surface area contributed by atoms with Gasteiger partial charge in [-0.15, -0.1) is 0 Å². The van der Waals surface area contributed by atoms with Crippen molar-refractivity contribution in [3.8, 4) is 0 Å². The van der Waals surface area contributed by atoms with Crippen LogP contribution < -0.4 is 4.72 Å². The SMILES string of the molecule is CC(NS(=O)(=O)c1ccccc1[N+](=O)[O-])c1ccccc1Br. The van der Waals surface area contributed by atoms with Crippen molar-refractivity contribution in [3.63, 3.8) is 0 Å². The van der Waals surface area contributed by atoms with Gasteiger partial charge in [-0.3, -0.25) is 10.1 Å². The lowest BCUT2D eigenvalue weighted by atomic mass is 10.1. The van der Waals surface area contributed by atoms with Crippen LogP contribution in [-0.2, 0) is 10.0 Å². The molecule has 0 amide bonds. The topological polar surface area (TPSA) is 89.3 Å². The van der Waals surface area contributed by atoms with E-state index in [-0.39, 0.29) is 4.90 Å². The van der Waals surface area contributed by atoms with E-state index in [1.807, 2.05) is 6.07 Å². The molecule has 0 saturated carbocycles. The van der Waals surface area contributed by atoms with E-state index in [0.29, 0.717) is 0 Å². The molecule has 2 aromatic rings. The van der Waals surface area contributed by atoms with Crippen LogP contribution in [0.25, 0.3) is 0 Å². The predicted octanol–water partition coefficient (Wildman–Crippen LogP) is 3.40. The number of hydrogen-bond donors (Lipinski definition) is 1. The van der Waals surface area contributed by atoms with Gasteiger partial charge in [0.25, 0.3) is 5.69 Å². The summed E-state index contributed by atoms with van der Waals surface area (Å²) >= 11 is 3.36. The molecule has 0 bridgehead atoms. The lowest BCUT2D eigenvalue weighted by Gasteiger charge is -2.16. The van der Waals surface area contributed by atoms with Gasteiger partial charge in [0, 0.05) is 16.6 Å². The van der Waals surface area contributed by atoms with Crippen molar-refractivity contribution in [2.24, 2.45) is 0 Å². The summed E-state index contributed by atoms with van der Waals surface area (Å²) in [6, 6.07) is 11.9. The van der Waals surface area contributed by atoms with Crippen LogP contribution in [0.15, 0.2) is 57.9 Å². The Morgan fingerprint density at radius 1 is 1.14 bits per heavy atom. The second-order valence-corrected chi connectivity index (χ2v) is 7.13. The molecule has 0 aliphatic heterocycles. The predicted molar refractivity (Wildman–Crippen MR) is 86.0 cm³/mol. The number of sulfonamides is 1. The molecule has 0 heterocycles. The average Bonchev–Trinajstić information content (AvgIpc) is 2.47. The fraction of sp³-hybridized carbons (Fsp3) is 0.143. The lowest BCUT2D eigenvalue weighted by Crippen LogP contribution is -2.27. The number of nitrogens with one attached hydrogen (secondary N) is 1. The van der Waals surface area contributed by atoms with Gasteiger partial charge in [-0.2, -0.15) is 0 Å². The number of rotatable bonds is 5. The summed E-state index contributed by atoms with van der Waals surface area (Å²) in [5.41, 5.74) is 0.291. The molecule has 0 radical (unpaired) electrons. The number of nitrogens with zero attached hydrogens (tertiary/aromatic N) is 1. The Kier molecular flexibility index (Phi) is 4.94. The Hall–Kier alpha value is -1.77. The van der Waals surface area contributed by atoms with Gasteiger partial charge in [-0.1, -0.05) is 46.3 Å². The summed E-state index contributed by atoms with van der Waals surface area (Å²) in [6.07, 6.45) is 0. The summed E-state index contributed by atoms with van der Waals surface area (Å²) in [5.74, 6) is 0. The Bertz CT molecular complexity index is 808. The zero-order valence-electron chi connectivity index (χ0n) is 11.6. The van der Waals surface area contributed by atoms with Gasteiger partial charge in [0.15, 0.2) is 4.90 Å². The number of benzene rings is 2. The molecule has 22 heavy (non-hydrogen) atoms. The minimum atomic E-state index is -4.01. The van der Waals surface area contributed by atoms with E-state index >= 15 is 0 Å². The maximum Gasteiger partial charge on any atom is 0.289 e. The van der Waals surface area contributed by atoms with E-state index in [4.69, 9.17) is 0 Å². The molecule has 0 fully saturated rings. The normalized spacial score (nSPS) is 12.8. The first kappa shape index (κ1) is 16.6. The van der Waals surface area contributed by atoms with Gasteiger partial charge < -0.3 is 0 Å². The number of hydrogen-bond acceptors (Lipinski definition) is 4. The first-order chi connectivity index (χ1) is 10.3. The van der Waals surface area contributed by atoms with E-state index in [1.54, 1.807) is 25.1 Å². The molecule has 1 atom stereocenters. The van der Waals surface area contributed by atoms with E-state index in [2.05, 4.69) is 20.7 Å². The van der Waals surface area contributed by atoms with Crippen molar-refractivity contribution in [1.29, 1.82) is 0 Å². The molecule has 0 aliphatic carbocycles. The molecule has 1 N–H and O–H groups in total. The van der Waals surface area contributed by atoms with Gasteiger partial charge in [0.1, 0.15) is 0 Å².